The van der Waals surface area contributed by atoms with Gasteiger partial charge >= 0.3 is 5.97 Å². The molecule has 0 aromatic heterocycles. The first-order valence-corrected chi connectivity index (χ1v) is 7.59. The number of carbonyl (C=O) groups excluding carboxylic acids is 2. The zero-order valence-electron chi connectivity index (χ0n) is 12.7. The van der Waals surface area contributed by atoms with Gasteiger partial charge in [-0.05, 0) is 36.5 Å². The molecule has 0 amide bonds. The molecule has 5 heteroatoms. The number of hydrogen-bond donors (Lipinski definition) is 0. The van der Waals surface area contributed by atoms with E-state index in [9.17, 15) is 14.7 Å². The molecule has 0 radical (unpaired) electrons. The van der Waals surface area contributed by atoms with E-state index in [4.69, 9.17) is 9.47 Å². The zero-order chi connectivity index (χ0) is 15.9. The van der Waals surface area contributed by atoms with Crippen molar-refractivity contribution in [2.45, 2.75) is 38.7 Å². The van der Waals surface area contributed by atoms with Crippen LogP contribution in [0.4, 0.5) is 0 Å². The summed E-state index contributed by atoms with van der Waals surface area (Å²) >= 11 is 0. The minimum absolute atomic E-state index is 0.0403. The van der Waals surface area contributed by atoms with Crippen LogP contribution < -0.4 is 9.84 Å². The molecule has 5 nitrogen and oxygen atoms in total. The van der Waals surface area contributed by atoms with E-state index < -0.39 is 17.9 Å². The highest BCUT2D eigenvalue weighted by Crippen LogP contribution is 2.33. The molecular weight excluding hydrogens is 284 g/mol. The van der Waals surface area contributed by atoms with Gasteiger partial charge in [-0.2, -0.15) is 0 Å². The third kappa shape index (κ3) is 4.48. The van der Waals surface area contributed by atoms with Crippen LogP contribution >= 0.6 is 0 Å². The summed E-state index contributed by atoms with van der Waals surface area (Å²) in [5, 5.41) is 11.2. The zero-order valence-corrected chi connectivity index (χ0v) is 12.7. The van der Waals surface area contributed by atoms with Gasteiger partial charge in [-0.15, -0.1) is 0 Å². The highest BCUT2D eigenvalue weighted by Gasteiger charge is 2.28. The molecule has 2 rings (SSSR count). The van der Waals surface area contributed by atoms with Crippen LogP contribution in [0.25, 0.3) is 0 Å². The number of carboxylic acids is 1. The Kier molecular flexibility index (Phi) is 5.81. The molecule has 1 aromatic carbocycles. The molecule has 120 valence electrons. The van der Waals surface area contributed by atoms with Gasteiger partial charge in [-0.25, -0.2) is 0 Å². The first kappa shape index (κ1) is 16.3. The smallest absolute Gasteiger partial charge is 0.306 e. The van der Waals surface area contributed by atoms with Crippen molar-refractivity contribution in [1.29, 1.82) is 0 Å². The number of rotatable bonds is 7. The molecule has 0 saturated heterocycles. The summed E-state index contributed by atoms with van der Waals surface area (Å²) in [6.45, 7) is 0.132. The summed E-state index contributed by atoms with van der Waals surface area (Å²) in [6, 6.07) is 7.18. The van der Waals surface area contributed by atoms with Gasteiger partial charge in [0.25, 0.3) is 0 Å². The molecule has 0 spiro atoms. The number of hydrogen-bond acceptors (Lipinski definition) is 5. The number of esters is 1. The van der Waals surface area contributed by atoms with E-state index >= 15 is 0 Å². The van der Waals surface area contributed by atoms with Gasteiger partial charge in [-0.3, -0.25) is 4.79 Å². The molecule has 1 atom stereocenters. The van der Waals surface area contributed by atoms with Crippen molar-refractivity contribution in [3.8, 4) is 5.75 Å². The molecule has 22 heavy (non-hydrogen) atoms. The Bertz CT molecular complexity index is 502. The van der Waals surface area contributed by atoms with Crippen LogP contribution in [-0.2, 0) is 20.9 Å². The number of carboxylic acid groups (broad SMARTS) is 1. The van der Waals surface area contributed by atoms with Crippen molar-refractivity contribution in [1.82, 2.24) is 0 Å². The Morgan fingerprint density at radius 1 is 1.23 bits per heavy atom. The molecule has 1 aromatic rings. The van der Waals surface area contributed by atoms with Crippen LogP contribution in [0.3, 0.4) is 0 Å². The lowest BCUT2D eigenvalue weighted by molar-refractivity contribution is -0.313. The van der Waals surface area contributed by atoms with Gasteiger partial charge in [0, 0.05) is 11.9 Å². The maximum Gasteiger partial charge on any atom is 0.306 e. The van der Waals surface area contributed by atoms with Gasteiger partial charge in [0.2, 0.25) is 0 Å². The Hall–Kier alpha value is -2.04. The maximum atomic E-state index is 11.9. The Balaban J connectivity index is 1.83. The van der Waals surface area contributed by atoms with Crippen LogP contribution in [0.2, 0.25) is 0 Å². The standard InChI is InChI=1S/C17H22O5/c1-21-14-8-6-12(7-9-14)11-22-16(18)10-15(17(19)20)13-4-2-3-5-13/h6-9,13,15H,2-5,10-11H2,1H3,(H,19,20)/p-1. The number of ether oxygens (including phenoxy) is 2. The Labute approximate surface area is 130 Å². The lowest BCUT2D eigenvalue weighted by atomic mass is 9.88. The molecule has 0 bridgehead atoms. The second-order valence-corrected chi connectivity index (χ2v) is 5.68. The van der Waals surface area contributed by atoms with Gasteiger partial charge in [-0.1, -0.05) is 25.0 Å². The predicted molar refractivity (Wildman–Crippen MR) is 77.9 cm³/mol. The summed E-state index contributed by atoms with van der Waals surface area (Å²) < 4.78 is 10.2. The predicted octanol–water partition coefficient (Wildman–Crippen LogP) is 1.68. The van der Waals surface area contributed by atoms with Crippen LogP contribution in [0.1, 0.15) is 37.7 Å². The van der Waals surface area contributed by atoms with Crippen molar-refractivity contribution in [2.24, 2.45) is 11.8 Å². The molecule has 1 aliphatic carbocycles. The van der Waals surface area contributed by atoms with Crippen molar-refractivity contribution in [2.75, 3.05) is 7.11 Å². The number of aliphatic carboxylic acids is 1. The number of benzene rings is 1. The van der Waals surface area contributed by atoms with Crippen LogP contribution in [0.5, 0.6) is 5.75 Å². The highest BCUT2D eigenvalue weighted by molar-refractivity contribution is 5.78. The second kappa shape index (κ2) is 7.82. The van der Waals surface area contributed by atoms with E-state index in [1.807, 2.05) is 0 Å². The van der Waals surface area contributed by atoms with Crippen molar-refractivity contribution in [3.63, 3.8) is 0 Å². The van der Waals surface area contributed by atoms with Crippen molar-refractivity contribution in [3.05, 3.63) is 29.8 Å². The van der Waals surface area contributed by atoms with E-state index in [-0.39, 0.29) is 18.9 Å². The van der Waals surface area contributed by atoms with Crippen molar-refractivity contribution >= 4 is 11.9 Å². The molecule has 0 heterocycles. The molecule has 0 aliphatic heterocycles. The lowest BCUT2D eigenvalue weighted by Crippen LogP contribution is -2.37. The molecular formula is C17H21O5-. The average molecular weight is 305 g/mol. The summed E-state index contributed by atoms with van der Waals surface area (Å²) in [7, 11) is 1.58. The third-order valence-electron chi connectivity index (χ3n) is 4.22. The third-order valence-corrected chi connectivity index (χ3v) is 4.22. The van der Waals surface area contributed by atoms with Gasteiger partial charge < -0.3 is 19.4 Å². The normalized spacial score (nSPS) is 16.2. The fraction of sp³-hybridized carbons (Fsp3) is 0.529. The first-order valence-electron chi connectivity index (χ1n) is 7.59. The van der Waals surface area contributed by atoms with E-state index in [1.165, 1.54) is 0 Å². The van der Waals surface area contributed by atoms with Gasteiger partial charge in [0.15, 0.2) is 0 Å². The molecule has 0 N–H and O–H groups in total. The van der Waals surface area contributed by atoms with E-state index in [1.54, 1.807) is 31.4 Å². The summed E-state index contributed by atoms with van der Waals surface area (Å²) in [6.07, 6.45) is 3.64. The first-order chi connectivity index (χ1) is 10.6. The number of methoxy groups -OCH3 is 1. The monoisotopic (exact) mass is 305 g/mol. The summed E-state index contributed by atoms with van der Waals surface area (Å²) in [5.74, 6) is -1.59. The van der Waals surface area contributed by atoms with E-state index in [2.05, 4.69) is 0 Å². The van der Waals surface area contributed by atoms with Crippen molar-refractivity contribution < 1.29 is 24.2 Å². The van der Waals surface area contributed by atoms with E-state index in [0.717, 1.165) is 37.0 Å². The fourth-order valence-corrected chi connectivity index (χ4v) is 2.93. The topological polar surface area (TPSA) is 75.7 Å². The van der Waals surface area contributed by atoms with Crippen LogP contribution in [0, 0.1) is 11.8 Å². The van der Waals surface area contributed by atoms with E-state index in [0.29, 0.717) is 0 Å². The SMILES string of the molecule is COc1ccc(COC(=O)CC(C(=O)[O-])C2CCCC2)cc1. The largest absolute Gasteiger partial charge is 0.550 e. The highest BCUT2D eigenvalue weighted by atomic mass is 16.5. The minimum Gasteiger partial charge on any atom is -0.550 e. The van der Waals surface area contributed by atoms with Gasteiger partial charge in [0.1, 0.15) is 12.4 Å². The molecule has 1 aliphatic rings. The van der Waals surface area contributed by atoms with Gasteiger partial charge in [0.05, 0.1) is 13.5 Å². The minimum atomic E-state index is -1.15. The number of carbonyl (C=O) groups is 2. The fourth-order valence-electron chi connectivity index (χ4n) is 2.93. The molecule has 1 unspecified atom stereocenters. The summed E-state index contributed by atoms with van der Waals surface area (Å²) in [5.41, 5.74) is 0.833. The summed E-state index contributed by atoms with van der Waals surface area (Å²) in [4.78, 5) is 23.1. The average Bonchev–Trinajstić information content (AvgIpc) is 3.04. The van der Waals surface area contributed by atoms with Crippen LogP contribution in [-0.4, -0.2) is 19.0 Å². The second-order valence-electron chi connectivity index (χ2n) is 5.68. The maximum absolute atomic E-state index is 11.9. The quantitative estimate of drug-likeness (QED) is 0.716. The van der Waals surface area contributed by atoms with Crippen LogP contribution in [0.15, 0.2) is 24.3 Å². The molecule has 1 saturated carbocycles. The Morgan fingerprint density at radius 3 is 2.41 bits per heavy atom. The Morgan fingerprint density at radius 2 is 1.86 bits per heavy atom. The molecule has 1 fully saturated rings. The lowest BCUT2D eigenvalue weighted by Gasteiger charge is -2.23.